The first-order valence-corrected chi connectivity index (χ1v) is 7.02. The molecule has 19 heavy (non-hydrogen) atoms. The Morgan fingerprint density at radius 1 is 1.37 bits per heavy atom. The zero-order chi connectivity index (χ0) is 13.2. The number of hydrogen-bond donors (Lipinski definition) is 1. The van der Waals surface area contributed by atoms with E-state index in [2.05, 4.69) is 22.0 Å². The number of anilines is 1. The van der Waals surface area contributed by atoms with Crippen molar-refractivity contribution in [3.8, 4) is 0 Å². The first kappa shape index (κ1) is 12.4. The number of hydrogen-bond acceptors (Lipinski definition) is 4. The average molecular weight is 259 g/mol. The minimum Gasteiger partial charge on any atom is -0.355 e. The molecule has 0 spiro atoms. The molecular formula is C14H21N5. The van der Waals surface area contributed by atoms with Crippen molar-refractivity contribution >= 4 is 11.3 Å². The van der Waals surface area contributed by atoms with E-state index >= 15 is 0 Å². The largest absolute Gasteiger partial charge is 0.355 e. The van der Waals surface area contributed by atoms with Crippen molar-refractivity contribution in [2.24, 2.45) is 11.7 Å². The van der Waals surface area contributed by atoms with Gasteiger partial charge in [-0.25, -0.2) is 9.50 Å². The van der Waals surface area contributed by atoms with Crippen molar-refractivity contribution in [1.29, 1.82) is 0 Å². The zero-order valence-electron chi connectivity index (χ0n) is 11.4. The average Bonchev–Trinajstić information content (AvgIpc) is 2.94. The Morgan fingerprint density at radius 3 is 3.05 bits per heavy atom. The maximum atomic E-state index is 5.94. The molecule has 0 radical (unpaired) electrons. The van der Waals surface area contributed by atoms with Crippen molar-refractivity contribution in [3.05, 3.63) is 24.7 Å². The van der Waals surface area contributed by atoms with Gasteiger partial charge in [0, 0.05) is 25.5 Å². The lowest BCUT2D eigenvalue weighted by atomic mass is 9.83. The van der Waals surface area contributed by atoms with Crippen molar-refractivity contribution in [3.63, 3.8) is 0 Å². The lowest BCUT2D eigenvalue weighted by Crippen LogP contribution is -2.43. The summed E-state index contributed by atoms with van der Waals surface area (Å²) in [6, 6.07) is 2.51. The zero-order valence-corrected chi connectivity index (χ0v) is 11.4. The Morgan fingerprint density at radius 2 is 2.21 bits per heavy atom. The summed E-state index contributed by atoms with van der Waals surface area (Å²) in [4.78, 5) is 6.85. The molecule has 0 bridgehead atoms. The molecule has 2 heterocycles. The highest BCUT2D eigenvalue weighted by Crippen LogP contribution is 2.30. The SMILES string of the molecule is CN(c1nccn2nccc12)C1CCCCC1CN. The van der Waals surface area contributed by atoms with Gasteiger partial charge in [-0.3, -0.25) is 0 Å². The Hall–Kier alpha value is -1.62. The quantitative estimate of drug-likeness (QED) is 0.911. The predicted octanol–water partition coefficient (Wildman–Crippen LogP) is 1.68. The molecule has 0 aliphatic heterocycles. The van der Waals surface area contributed by atoms with E-state index in [4.69, 9.17) is 5.73 Å². The van der Waals surface area contributed by atoms with Crippen molar-refractivity contribution in [1.82, 2.24) is 14.6 Å². The van der Waals surface area contributed by atoms with Crippen molar-refractivity contribution in [2.45, 2.75) is 31.7 Å². The molecule has 1 aliphatic carbocycles. The van der Waals surface area contributed by atoms with Crippen LogP contribution in [0.3, 0.4) is 0 Å². The van der Waals surface area contributed by atoms with E-state index in [1.807, 2.05) is 29.2 Å². The molecule has 3 rings (SSSR count). The Bertz CT molecular complexity index is 550. The van der Waals surface area contributed by atoms with Crippen molar-refractivity contribution < 1.29 is 0 Å². The summed E-state index contributed by atoms with van der Waals surface area (Å²) in [5, 5.41) is 4.27. The summed E-state index contributed by atoms with van der Waals surface area (Å²) in [5.74, 6) is 1.58. The highest BCUT2D eigenvalue weighted by Gasteiger charge is 2.28. The summed E-state index contributed by atoms with van der Waals surface area (Å²) < 4.78 is 1.87. The molecule has 0 amide bonds. The number of aromatic nitrogens is 3. The first-order chi connectivity index (χ1) is 9.31. The van der Waals surface area contributed by atoms with Gasteiger partial charge in [0.05, 0.1) is 6.20 Å². The van der Waals surface area contributed by atoms with Gasteiger partial charge >= 0.3 is 0 Å². The molecule has 2 aromatic rings. The van der Waals surface area contributed by atoms with Gasteiger partial charge in [0.2, 0.25) is 0 Å². The molecule has 5 heteroatoms. The predicted molar refractivity (Wildman–Crippen MR) is 76.2 cm³/mol. The second-order valence-corrected chi connectivity index (χ2v) is 5.37. The van der Waals surface area contributed by atoms with E-state index in [9.17, 15) is 0 Å². The van der Waals surface area contributed by atoms with Gasteiger partial charge in [0.25, 0.3) is 0 Å². The van der Waals surface area contributed by atoms with Gasteiger partial charge in [0.1, 0.15) is 5.52 Å². The number of nitrogens with zero attached hydrogens (tertiary/aromatic N) is 4. The van der Waals surface area contributed by atoms with E-state index in [0.717, 1.165) is 17.9 Å². The van der Waals surface area contributed by atoms with Gasteiger partial charge in [-0.15, -0.1) is 0 Å². The molecule has 2 N–H and O–H groups in total. The molecule has 0 aromatic carbocycles. The minimum absolute atomic E-state index is 0.493. The second-order valence-electron chi connectivity index (χ2n) is 5.37. The molecule has 2 unspecified atom stereocenters. The maximum Gasteiger partial charge on any atom is 0.154 e. The van der Waals surface area contributed by atoms with E-state index in [1.54, 1.807) is 0 Å². The van der Waals surface area contributed by atoms with Crippen LogP contribution in [0.1, 0.15) is 25.7 Å². The molecule has 2 atom stereocenters. The van der Waals surface area contributed by atoms with Crippen LogP contribution in [-0.2, 0) is 0 Å². The lowest BCUT2D eigenvalue weighted by Gasteiger charge is -2.38. The van der Waals surface area contributed by atoms with Gasteiger partial charge in [0.15, 0.2) is 5.82 Å². The highest BCUT2D eigenvalue weighted by atomic mass is 15.3. The fourth-order valence-corrected chi connectivity index (χ4v) is 3.25. The molecule has 1 fully saturated rings. The van der Waals surface area contributed by atoms with Gasteiger partial charge in [-0.1, -0.05) is 12.8 Å². The number of nitrogens with two attached hydrogens (primary N) is 1. The monoisotopic (exact) mass is 259 g/mol. The van der Waals surface area contributed by atoms with Gasteiger partial charge in [-0.2, -0.15) is 5.10 Å². The summed E-state index contributed by atoms with van der Waals surface area (Å²) in [6.07, 6.45) is 10.5. The third kappa shape index (κ3) is 2.18. The van der Waals surface area contributed by atoms with Crippen LogP contribution in [0.4, 0.5) is 5.82 Å². The fourth-order valence-electron chi connectivity index (χ4n) is 3.25. The molecule has 5 nitrogen and oxygen atoms in total. The molecular weight excluding hydrogens is 238 g/mol. The maximum absolute atomic E-state index is 5.94. The third-order valence-corrected chi connectivity index (χ3v) is 4.31. The molecule has 1 saturated carbocycles. The van der Waals surface area contributed by atoms with Crippen LogP contribution >= 0.6 is 0 Å². The molecule has 2 aromatic heterocycles. The van der Waals surface area contributed by atoms with E-state index < -0.39 is 0 Å². The molecule has 0 saturated heterocycles. The first-order valence-electron chi connectivity index (χ1n) is 7.02. The standard InChI is InChI=1S/C14H21N5/c1-18(12-5-3-2-4-11(12)10-15)14-13-6-7-17-19(13)9-8-16-14/h6-9,11-12H,2-5,10,15H2,1H3. The second kappa shape index (κ2) is 5.17. The Kier molecular flexibility index (Phi) is 3.38. The smallest absolute Gasteiger partial charge is 0.154 e. The fraction of sp³-hybridized carbons (Fsp3) is 0.571. The van der Waals surface area contributed by atoms with Gasteiger partial charge < -0.3 is 10.6 Å². The summed E-state index contributed by atoms with van der Waals surface area (Å²) in [6.45, 7) is 0.761. The summed E-state index contributed by atoms with van der Waals surface area (Å²) in [5.41, 5.74) is 7.00. The molecule has 102 valence electrons. The van der Waals surface area contributed by atoms with Crippen LogP contribution < -0.4 is 10.6 Å². The Labute approximate surface area is 113 Å². The van der Waals surface area contributed by atoms with Crippen LogP contribution in [0, 0.1) is 5.92 Å². The van der Waals surface area contributed by atoms with E-state index in [1.165, 1.54) is 25.7 Å². The Balaban J connectivity index is 1.94. The third-order valence-electron chi connectivity index (χ3n) is 4.31. The van der Waals surface area contributed by atoms with Crippen LogP contribution in [0.2, 0.25) is 0 Å². The van der Waals surface area contributed by atoms with Crippen LogP contribution in [0.15, 0.2) is 24.7 Å². The number of rotatable bonds is 3. The summed E-state index contributed by atoms with van der Waals surface area (Å²) >= 11 is 0. The highest BCUT2D eigenvalue weighted by molar-refractivity contribution is 5.68. The van der Waals surface area contributed by atoms with Crippen molar-refractivity contribution in [2.75, 3.05) is 18.5 Å². The van der Waals surface area contributed by atoms with E-state index in [-0.39, 0.29) is 0 Å². The summed E-state index contributed by atoms with van der Waals surface area (Å²) in [7, 11) is 2.13. The van der Waals surface area contributed by atoms with Gasteiger partial charge in [-0.05, 0) is 31.4 Å². The topological polar surface area (TPSA) is 59.5 Å². The minimum atomic E-state index is 0.493. The normalized spacial score (nSPS) is 23.7. The molecule has 1 aliphatic rings. The van der Waals surface area contributed by atoms with Crippen LogP contribution in [0.25, 0.3) is 5.52 Å². The van der Waals surface area contributed by atoms with Crippen LogP contribution in [-0.4, -0.2) is 34.2 Å². The van der Waals surface area contributed by atoms with E-state index in [0.29, 0.717) is 12.0 Å². The lowest BCUT2D eigenvalue weighted by molar-refractivity contribution is 0.306. The van der Waals surface area contributed by atoms with Crippen LogP contribution in [0.5, 0.6) is 0 Å². The number of fused-ring (bicyclic) bond motifs is 1.